The molecule has 112 valence electrons. The van der Waals surface area contributed by atoms with Gasteiger partial charge >= 0.3 is 0 Å². The summed E-state index contributed by atoms with van der Waals surface area (Å²) in [5.74, 6) is 0.934. The Morgan fingerprint density at radius 3 is 2.20 bits per heavy atom. The molecule has 3 nitrogen and oxygen atoms in total. The number of carbonyl (C=O) groups is 1. The number of nitrogens with one attached hydrogen (secondary N) is 1. The van der Waals surface area contributed by atoms with E-state index in [4.69, 9.17) is 0 Å². The van der Waals surface area contributed by atoms with Gasteiger partial charge in [-0.3, -0.25) is 4.79 Å². The quantitative estimate of drug-likeness (QED) is 0.865. The number of carbonyl (C=O) groups excluding carboxylic acids is 1. The Balaban J connectivity index is 2.86. The van der Waals surface area contributed by atoms with Crippen LogP contribution in [0.4, 0.5) is 0 Å². The first-order valence-electron chi connectivity index (χ1n) is 7.39. The van der Waals surface area contributed by atoms with Crippen LogP contribution in [0.3, 0.4) is 0 Å². The second-order valence-electron chi connectivity index (χ2n) is 6.21. The molecule has 0 saturated heterocycles. The van der Waals surface area contributed by atoms with E-state index < -0.39 is 0 Å². The molecule has 20 heavy (non-hydrogen) atoms. The molecule has 0 aromatic heterocycles. The molecule has 0 saturated carbocycles. The van der Waals surface area contributed by atoms with Gasteiger partial charge in [0.05, 0.1) is 0 Å². The summed E-state index contributed by atoms with van der Waals surface area (Å²) in [6.07, 6.45) is 0. The third kappa shape index (κ3) is 4.64. The fourth-order valence-corrected chi connectivity index (χ4v) is 2.24. The first-order valence-corrected chi connectivity index (χ1v) is 7.39. The molecule has 0 fully saturated rings. The fourth-order valence-electron chi connectivity index (χ4n) is 2.24. The van der Waals surface area contributed by atoms with Crippen LogP contribution in [0.1, 0.15) is 61.0 Å². The van der Waals surface area contributed by atoms with Gasteiger partial charge in [0, 0.05) is 18.7 Å². The highest BCUT2D eigenvalue weighted by atomic mass is 16.1. The molecule has 1 aromatic rings. The van der Waals surface area contributed by atoms with Gasteiger partial charge < -0.3 is 10.2 Å². The maximum Gasteiger partial charge on any atom is 0.251 e. The molecule has 0 unspecified atom stereocenters. The van der Waals surface area contributed by atoms with E-state index in [2.05, 4.69) is 44.0 Å². The average molecular weight is 276 g/mol. The predicted octanol–water partition coefficient (Wildman–Crippen LogP) is 3.22. The third-order valence-electron chi connectivity index (χ3n) is 3.44. The Bertz CT molecular complexity index is 450. The van der Waals surface area contributed by atoms with Gasteiger partial charge in [-0.25, -0.2) is 0 Å². The lowest BCUT2D eigenvalue weighted by molar-refractivity contribution is 0.0951. The molecule has 1 N–H and O–H groups in total. The highest BCUT2D eigenvalue weighted by molar-refractivity contribution is 5.94. The molecule has 1 amide bonds. The molecular formula is C17H28N2O. The maximum absolute atomic E-state index is 12.2. The van der Waals surface area contributed by atoms with Crippen LogP contribution in [-0.4, -0.2) is 38.0 Å². The Labute approximate surface area is 123 Å². The molecule has 0 aliphatic heterocycles. The van der Waals surface area contributed by atoms with Crippen molar-refractivity contribution in [3.8, 4) is 0 Å². The summed E-state index contributed by atoms with van der Waals surface area (Å²) < 4.78 is 0. The van der Waals surface area contributed by atoms with E-state index in [9.17, 15) is 4.79 Å². The second kappa shape index (κ2) is 7.44. The molecule has 0 aliphatic carbocycles. The maximum atomic E-state index is 12.2. The largest absolute Gasteiger partial charge is 0.351 e. The average Bonchev–Trinajstić information content (AvgIpc) is 2.37. The number of rotatable bonds is 6. The summed E-state index contributed by atoms with van der Waals surface area (Å²) in [5.41, 5.74) is 3.38. The number of likely N-dealkylation sites (N-methyl/N-ethyl adjacent to an activating group) is 1. The summed E-state index contributed by atoms with van der Waals surface area (Å²) in [6, 6.07) is 6.08. The van der Waals surface area contributed by atoms with Crippen LogP contribution < -0.4 is 5.32 Å². The first-order chi connectivity index (χ1) is 9.32. The Morgan fingerprint density at radius 1 is 1.10 bits per heavy atom. The van der Waals surface area contributed by atoms with Gasteiger partial charge in [0.2, 0.25) is 0 Å². The number of hydrogen-bond acceptors (Lipinski definition) is 2. The lowest BCUT2D eigenvalue weighted by Gasteiger charge is -2.17. The summed E-state index contributed by atoms with van der Waals surface area (Å²) >= 11 is 0. The third-order valence-corrected chi connectivity index (χ3v) is 3.44. The van der Waals surface area contributed by atoms with Gasteiger partial charge in [-0.1, -0.05) is 33.8 Å². The van der Waals surface area contributed by atoms with Crippen LogP contribution in [0.25, 0.3) is 0 Å². The van der Waals surface area contributed by atoms with E-state index in [0.717, 1.165) is 12.1 Å². The van der Waals surface area contributed by atoms with Crippen LogP contribution in [0, 0.1) is 0 Å². The van der Waals surface area contributed by atoms with Crippen LogP contribution >= 0.6 is 0 Å². The minimum atomic E-state index is 0.0176. The minimum absolute atomic E-state index is 0.0176. The van der Waals surface area contributed by atoms with Gasteiger partial charge in [-0.15, -0.1) is 0 Å². The van der Waals surface area contributed by atoms with E-state index in [-0.39, 0.29) is 5.91 Å². The monoisotopic (exact) mass is 276 g/mol. The Morgan fingerprint density at radius 2 is 1.70 bits per heavy atom. The zero-order valence-electron chi connectivity index (χ0n) is 13.7. The van der Waals surface area contributed by atoms with E-state index in [1.807, 2.05) is 26.2 Å². The Hall–Kier alpha value is -1.35. The molecule has 3 heteroatoms. The lowest BCUT2D eigenvalue weighted by atomic mass is 9.89. The SMILES string of the molecule is CC(C)c1ccc(C(=O)NCCN(C)C)cc1C(C)C. The molecule has 0 spiro atoms. The van der Waals surface area contributed by atoms with E-state index in [1.54, 1.807) is 0 Å². The molecule has 1 rings (SSSR count). The van der Waals surface area contributed by atoms with Crippen molar-refractivity contribution in [3.63, 3.8) is 0 Å². The highest BCUT2D eigenvalue weighted by Gasteiger charge is 2.13. The predicted molar refractivity (Wildman–Crippen MR) is 85.5 cm³/mol. The van der Waals surface area contributed by atoms with Crippen molar-refractivity contribution in [1.82, 2.24) is 10.2 Å². The standard InChI is InChI=1S/C17H28N2O/c1-12(2)15-8-7-14(11-16(15)13(3)4)17(20)18-9-10-19(5)6/h7-8,11-13H,9-10H2,1-6H3,(H,18,20). The van der Waals surface area contributed by atoms with Gasteiger partial charge in [0.15, 0.2) is 0 Å². The normalized spacial score (nSPS) is 11.4. The van der Waals surface area contributed by atoms with Gasteiger partial charge in [0.1, 0.15) is 0 Å². The number of nitrogens with zero attached hydrogens (tertiary/aromatic N) is 1. The highest BCUT2D eigenvalue weighted by Crippen LogP contribution is 2.27. The smallest absolute Gasteiger partial charge is 0.251 e. The van der Waals surface area contributed by atoms with Crippen LogP contribution in [0.15, 0.2) is 18.2 Å². The van der Waals surface area contributed by atoms with Crippen molar-refractivity contribution in [2.45, 2.75) is 39.5 Å². The molecule has 0 bridgehead atoms. The van der Waals surface area contributed by atoms with Crippen molar-refractivity contribution in [3.05, 3.63) is 34.9 Å². The van der Waals surface area contributed by atoms with Crippen molar-refractivity contribution in [2.75, 3.05) is 27.2 Å². The van der Waals surface area contributed by atoms with E-state index >= 15 is 0 Å². The molecular weight excluding hydrogens is 248 g/mol. The number of hydrogen-bond donors (Lipinski definition) is 1. The topological polar surface area (TPSA) is 32.3 Å². The second-order valence-corrected chi connectivity index (χ2v) is 6.21. The van der Waals surface area contributed by atoms with Crippen molar-refractivity contribution < 1.29 is 4.79 Å². The number of benzene rings is 1. The Kier molecular flexibility index (Phi) is 6.21. The van der Waals surface area contributed by atoms with Crippen LogP contribution in [-0.2, 0) is 0 Å². The zero-order chi connectivity index (χ0) is 15.3. The van der Waals surface area contributed by atoms with Gasteiger partial charge in [-0.05, 0) is 49.2 Å². The zero-order valence-corrected chi connectivity index (χ0v) is 13.7. The van der Waals surface area contributed by atoms with Crippen molar-refractivity contribution in [2.24, 2.45) is 0 Å². The molecule has 0 radical (unpaired) electrons. The van der Waals surface area contributed by atoms with Crippen LogP contribution in [0.5, 0.6) is 0 Å². The summed E-state index contributed by atoms with van der Waals surface area (Å²) in [7, 11) is 4.00. The first kappa shape index (κ1) is 16.7. The summed E-state index contributed by atoms with van der Waals surface area (Å²) in [5, 5.41) is 2.96. The van der Waals surface area contributed by atoms with Gasteiger partial charge in [0.25, 0.3) is 5.91 Å². The van der Waals surface area contributed by atoms with Gasteiger partial charge in [-0.2, -0.15) is 0 Å². The van der Waals surface area contributed by atoms with Crippen LogP contribution in [0.2, 0.25) is 0 Å². The molecule has 0 heterocycles. The molecule has 1 aromatic carbocycles. The van der Waals surface area contributed by atoms with Crippen molar-refractivity contribution in [1.29, 1.82) is 0 Å². The summed E-state index contributed by atoms with van der Waals surface area (Å²) in [4.78, 5) is 14.2. The molecule has 0 aliphatic rings. The summed E-state index contributed by atoms with van der Waals surface area (Å²) in [6.45, 7) is 10.3. The lowest BCUT2D eigenvalue weighted by Crippen LogP contribution is -2.31. The molecule has 0 atom stereocenters. The fraction of sp³-hybridized carbons (Fsp3) is 0.588. The van der Waals surface area contributed by atoms with Crippen molar-refractivity contribution >= 4 is 5.91 Å². The van der Waals surface area contributed by atoms with E-state index in [1.165, 1.54) is 11.1 Å². The minimum Gasteiger partial charge on any atom is -0.351 e. The van der Waals surface area contributed by atoms with E-state index in [0.29, 0.717) is 18.4 Å². The number of amides is 1.